The van der Waals surface area contributed by atoms with Crippen molar-refractivity contribution in [1.29, 1.82) is 0 Å². The van der Waals surface area contributed by atoms with Crippen molar-refractivity contribution < 1.29 is 9.53 Å². The van der Waals surface area contributed by atoms with Crippen LogP contribution in [0.5, 0.6) is 5.75 Å². The van der Waals surface area contributed by atoms with Gasteiger partial charge >= 0.3 is 0 Å². The van der Waals surface area contributed by atoms with Gasteiger partial charge in [0.1, 0.15) is 5.75 Å². The highest BCUT2D eigenvalue weighted by Crippen LogP contribution is 2.15. The lowest BCUT2D eigenvalue weighted by atomic mass is 10.1. The van der Waals surface area contributed by atoms with Crippen LogP contribution in [0.15, 0.2) is 48.5 Å². The first-order valence-corrected chi connectivity index (χ1v) is 7.65. The van der Waals surface area contributed by atoms with Crippen LogP contribution in [0.2, 0.25) is 0 Å². The smallest absolute Gasteiger partial charge is 0.261 e. The van der Waals surface area contributed by atoms with Gasteiger partial charge in [-0.15, -0.1) is 0 Å². The standard InChI is InChI=1S/C19H23NO2/c1-4-18(22-17-10-6-8-15(3)12-17)19(21)20-13-16-9-5-7-14(2)11-16/h5-12,18H,4,13H2,1-3H3,(H,20,21). The average Bonchev–Trinajstić information content (AvgIpc) is 2.50. The largest absolute Gasteiger partial charge is 0.481 e. The summed E-state index contributed by atoms with van der Waals surface area (Å²) in [7, 11) is 0. The van der Waals surface area contributed by atoms with Crippen molar-refractivity contribution in [2.24, 2.45) is 0 Å². The van der Waals surface area contributed by atoms with E-state index in [0.29, 0.717) is 13.0 Å². The molecule has 2 rings (SSSR count). The van der Waals surface area contributed by atoms with Crippen molar-refractivity contribution in [3.63, 3.8) is 0 Å². The van der Waals surface area contributed by atoms with Gasteiger partial charge in [0.05, 0.1) is 0 Å². The number of hydrogen-bond acceptors (Lipinski definition) is 2. The maximum absolute atomic E-state index is 12.3. The van der Waals surface area contributed by atoms with Crippen LogP contribution in [0.1, 0.15) is 30.0 Å². The third-order valence-corrected chi connectivity index (χ3v) is 3.48. The molecule has 22 heavy (non-hydrogen) atoms. The number of amides is 1. The van der Waals surface area contributed by atoms with E-state index in [2.05, 4.69) is 11.4 Å². The van der Waals surface area contributed by atoms with Crippen LogP contribution in [0, 0.1) is 13.8 Å². The fourth-order valence-corrected chi connectivity index (χ4v) is 2.30. The number of hydrogen-bond donors (Lipinski definition) is 1. The summed E-state index contributed by atoms with van der Waals surface area (Å²) in [6.07, 6.45) is 0.166. The van der Waals surface area contributed by atoms with Crippen LogP contribution in [0.4, 0.5) is 0 Å². The Labute approximate surface area is 132 Å². The monoisotopic (exact) mass is 297 g/mol. The summed E-state index contributed by atoms with van der Waals surface area (Å²) in [5, 5.41) is 2.95. The van der Waals surface area contributed by atoms with Crippen molar-refractivity contribution in [3.05, 3.63) is 65.2 Å². The van der Waals surface area contributed by atoms with Gasteiger partial charge in [-0.3, -0.25) is 4.79 Å². The molecule has 0 saturated carbocycles. The topological polar surface area (TPSA) is 38.3 Å². The number of carbonyl (C=O) groups is 1. The summed E-state index contributed by atoms with van der Waals surface area (Å²) in [5.74, 6) is 0.656. The summed E-state index contributed by atoms with van der Waals surface area (Å²) in [6, 6.07) is 15.9. The minimum atomic E-state index is -0.466. The molecule has 0 aliphatic carbocycles. The quantitative estimate of drug-likeness (QED) is 0.881. The maximum atomic E-state index is 12.3. The number of rotatable bonds is 6. The van der Waals surface area contributed by atoms with Gasteiger partial charge in [0.2, 0.25) is 0 Å². The molecule has 116 valence electrons. The van der Waals surface area contributed by atoms with Crippen LogP contribution in [0.3, 0.4) is 0 Å². The van der Waals surface area contributed by atoms with E-state index < -0.39 is 6.10 Å². The molecule has 3 heteroatoms. The first kappa shape index (κ1) is 16.1. The van der Waals surface area contributed by atoms with Crippen LogP contribution in [-0.2, 0) is 11.3 Å². The molecule has 0 fully saturated rings. The summed E-state index contributed by atoms with van der Waals surface area (Å²) in [6.45, 7) is 6.52. The predicted octanol–water partition coefficient (Wildman–Crippen LogP) is 3.78. The Morgan fingerprint density at radius 3 is 2.41 bits per heavy atom. The molecule has 0 bridgehead atoms. The predicted molar refractivity (Wildman–Crippen MR) is 88.9 cm³/mol. The van der Waals surface area contributed by atoms with E-state index in [1.807, 2.05) is 63.2 Å². The molecule has 0 radical (unpaired) electrons. The number of carbonyl (C=O) groups excluding carboxylic acids is 1. The molecule has 3 nitrogen and oxygen atoms in total. The molecule has 1 unspecified atom stereocenters. The van der Waals surface area contributed by atoms with Crippen molar-refractivity contribution in [3.8, 4) is 5.75 Å². The molecule has 0 aliphatic heterocycles. The first-order valence-electron chi connectivity index (χ1n) is 7.65. The SMILES string of the molecule is CCC(Oc1cccc(C)c1)C(=O)NCc1cccc(C)c1. The molecule has 0 aliphatic rings. The zero-order valence-corrected chi connectivity index (χ0v) is 13.4. The molecule has 2 aromatic carbocycles. The van der Waals surface area contributed by atoms with E-state index in [1.165, 1.54) is 5.56 Å². The molecule has 0 saturated heterocycles. The third-order valence-electron chi connectivity index (χ3n) is 3.48. The van der Waals surface area contributed by atoms with Crippen LogP contribution < -0.4 is 10.1 Å². The number of ether oxygens (including phenoxy) is 1. The summed E-state index contributed by atoms with van der Waals surface area (Å²) >= 11 is 0. The second-order valence-corrected chi connectivity index (χ2v) is 5.54. The number of benzene rings is 2. The van der Waals surface area contributed by atoms with E-state index in [9.17, 15) is 4.79 Å². The molecule has 1 amide bonds. The molecule has 1 atom stereocenters. The van der Waals surface area contributed by atoms with Crippen molar-refractivity contribution in [1.82, 2.24) is 5.32 Å². The van der Waals surface area contributed by atoms with Crippen LogP contribution in [-0.4, -0.2) is 12.0 Å². The third kappa shape index (κ3) is 4.62. The number of nitrogens with one attached hydrogen (secondary N) is 1. The van der Waals surface area contributed by atoms with Gasteiger partial charge < -0.3 is 10.1 Å². The highest BCUT2D eigenvalue weighted by atomic mass is 16.5. The lowest BCUT2D eigenvalue weighted by molar-refractivity contribution is -0.128. The Bertz CT molecular complexity index is 637. The van der Waals surface area contributed by atoms with Gasteiger partial charge in [0, 0.05) is 6.54 Å². The van der Waals surface area contributed by atoms with Crippen molar-refractivity contribution in [2.45, 2.75) is 39.8 Å². The second-order valence-electron chi connectivity index (χ2n) is 5.54. The fourth-order valence-electron chi connectivity index (χ4n) is 2.30. The summed E-state index contributed by atoms with van der Waals surface area (Å²) < 4.78 is 5.81. The van der Waals surface area contributed by atoms with Gasteiger partial charge in [-0.05, 0) is 43.5 Å². The van der Waals surface area contributed by atoms with Gasteiger partial charge in [0.15, 0.2) is 6.10 Å². The molecular weight excluding hydrogens is 274 g/mol. The van der Waals surface area contributed by atoms with Crippen LogP contribution >= 0.6 is 0 Å². The Morgan fingerprint density at radius 2 is 1.77 bits per heavy atom. The second kappa shape index (κ2) is 7.64. The van der Waals surface area contributed by atoms with Crippen LogP contribution in [0.25, 0.3) is 0 Å². The normalized spacial score (nSPS) is 11.8. The number of aryl methyl sites for hydroxylation is 2. The van der Waals surface area contributed by atoms with E-state index in [1.54, 1.807) is 0 Å². The van der Waals surface area contributed by atoms with Gasteiger partial charge in [-0.25, -0.2) is 0 Å². The Kier molecular flexibility index (Phi) is 5.59. The van der Waals surface area contributed by atoms with E-state index in [0.717, 1.165) is 16.9 Å². The molecule has 0 heterocycles. The zero-order chi connectivity index (χ0) is 15.9. The van der Waals surface area contributed by atoms with E-state index in [4.69, 9.17) is 4.74 Å². The highest BCUT2D eigenvalue weighted by Gasteiger charge is 2.18. The van der Waals surface area contributed by atoms with Crippen molar-refractivity contribution in [2.75, 3.05) is 0 Å². The molecule has 1 N–H and O–H groups in total. The van der Waals surface area contributed by atoms with Gasteiger partial charge in [-0.2, -0.15) is 0 Å². The van der Waals surface area contributed by atoms with Gasteiger partial charge in [-0.1, -0.05) is 48.9 Å². The molecule has 2 aromatic rings. The average molecular weight is 297 g/mol. The maximum Gasteiger partial charge on any atom is 0.261 e. The Balaban J connectivity index is 1.94. The summed E-state index contributed by atoms with van der Waals surface area (Å²) in [4.78, 5) is 12.3. The zero-order valence-electron chi connectivity index (χ0n) is 13.4. The lowest BCUT2D eigenvalue weighted by Crippen LogP contribution is -2.37. The van der Waals surface area contributed by atoms with E-state index in [-0.39, 0.29) is 5.91 Å². The summed E-state index contributed by atoms with van der Waals surface area (Å²) in [5.41, 5.74) is 3.40. The fraction of sp³-hybridized carbons (Fsp3) is 0.316. The lowest BCUT2D eigenvalue weighted by Gasteiger charge is -2.17. The Hall–Kier alpha value is -2.29. The molecule has 0 aromatic heterocycles. The minimum Gasteiger partial charge on any atom is -0.481 e. The Morgan fingerprint density at radius 1 is 1.09 bits per heavy atom. The minimum absolute atomic E-state index is 0.0782. The van der Waals surface area contributed by atoms with Gasteiger partial charge in [0.25, 0.3) is 5.91 Å². The highest BCUT2D eigenvalue weighted by molar-refractivity contribution is 5.81. The molecule has 0 spiro atoms. The first-order chi connectivity index (χ1) is 10.6. The van der Waals surface area contributed by atoms with E-state index >= 15 is 0 Å². The molecular formula is C19H23NO2. The van der Waals surface area contributed by atoms with Crippen molar-refractivity contribution >= 4 is 5.91 Å².